The maximum atomic E-state index is 6.11. The van der Waals surface area contributed by atoms with Gasteiger partial charge in [-0.05, 0) is 12.0 Å². The second-order valence-corrected chi connectivity index (χ2v) is 8.02. The number of benzene rings is 1. The third-order valence-electron chi connectivity index (χ3n) is 4.96. The molecule has 0 saturated carbocycles. The molecule has 2 saturated heterocycles. The summed E-state index contributed by atoms with van der Waals surface area (Å²) >= 11 is 2.00. The van der Waals surface area contributed by atoms with E-state index in [-0.39, 0.29) is 0 Å². The van der Waals surface area contributed by atoms with Crippen LogP contribution in [0.25, 0.3) is 0 Å². The van der Waals surface area contributed by atoms with E-state index in [0.29, 0.717) is 0 Å². The van der Waals surface area contributed by atoms with Gasteiger partial charge in [0.1, 0.15) is 0 Å². The van der Waals surface area contributed by atoms with Crippen molar-refractivity contribution in [3.63, 3.8) is 0 Å². The third kappa shape index (κ3) is 6.20. The zero-order valence-electron chi connectivity index (χ0n) is 15.1. The van der Waals surface area contributed by atoms with Crippen LogP contribution in [0, 0.1) is 0 Å². The van der Waals surface area contributed by atoms with Gasteiger partial charge >= 0.3 is 0 Å². The van der Waals surface area contributed by atoms with Crippen molar-refractivity contribution in [3.05, 3.63) is 35.9 Å². The van der Waals surface area contributed by atoms with Crippen LogP contribution in [0.5, 0.6) is 0 Å². The molecule has 0 radical (unpaired) electrons. The van der Waals surface area contributed by atoms with Gasteiger partial charge in [0.2, 0.25) is 0 Å². The van der Waals surface area contributed by atoms with Gasteiger partial charge in [-0.15, -0.1) is 0 Å². The first-order valence-corrected chi connectivity index (χ1v) is 10.6. The number of hydrogen-bond acceptors (Lipinski definition) is 4. The van der Waals surface area contributed by atoms with Crippen molar-refractivity contribution in [2.24, 2.45) is 10.7 Å². The molecule has 0 spiro atoms. The van der Waals surface area contributed by atoms with E-state index >= 15 is 0 Å². The molecular weight excluding hydrogens is 330 g/mol. The molecule has 6 heteroatoms. The highest BCUT2D eigenvalue weighted by molar-refractivity contribution is 7.99. The highest BCUT2D eigenvalue weighted by Gasteiger charge is 2.16. The van der Waals surface area contributed by atoms with Crippen LogP contribution >= 0.6 is 11.8 Å². The number of nitrogens with two attached hydrogens (primary N) is 1. The van der Waals surface area contributed by atoms with Gasteiger partial charge in [0.05, 0.1) is 0 Å². The summed E-state index contributed by atoms with van der Waals surface area (Å²) in [4.78, 5) is 11.9. The molecule has 1 aromatic carbocycles. The van der Waals surface area contributed by atoms with Crippen LogP contribution in [-0.2, 0) is 6.54 Å². The minimum Gasteiger partial charge on any atom is -0.370 e. The number of rotatable bonds is 6. The summed E-state index contributed by atoms with van der Waals surface area (Å²) in [6, 6.07) is 10.8. The molecule has 2 fully saturated rings. The van der Waals surface area contributed by atoms with Crippen LogP contribution in [0.3, 0.4) is 0 Å². The fraction of sp³-hybridized carbons (Fsp3) is 0.632. The Hall–Kier alpha value is -1.24. The third-order valence-corrected chi connectivity index (χ3v) is 5.90. The van der Waals surface area contributed by atoms with E-state index < -0.39 is 0 Å². The number of thioether (sulfide) groups is 1. The lowest BCUT2D eigenvalue weighted by molar-refractivity contribution is 0.127. The highest BCUT2D eigenvalue weighted by atomic mass is 32.2. The molecule has 3 rings (SSSR count). The van der Waals surface area contributed by atoms with Crippen molar-refractivity contribution in [2.75, 3.05) is 63.9 Å². The van der Waals surface area contributed by atoms with Crippen molar-refractivity contribution in [2.45, 2.75) is 13.0 Å². The molecule has 0 unspecified atom stereocenters. The van der Waals surface area contributed by atoms with E-state index in [9.17, 15) is 0 Å². The number of guanidine groups is 1. The fourth-order valence-corrected chi connectivity index (χ4v) is 4.30. The van der Waals surface area contributed by atoms with E-state index in [2.05, 4.69) is 50.0 Å². The zero-order chi connectivity index (χ0) is 17.3. The Morgan fingerprint density at radius 3 is 2.36 bits per heavy atom. The Kier molecular flexibility index (Phi) is 7.45. The summed E-state index contributed by atoms with van der Waals surface area (Å²) < 4.78 is 0. The van der Waals surface area contributed by atoms with Crippen LogP contribution < -0.4 is 5.73 Å². The fourth-order valence-electron chi connectivity index (χ4n) is 3.39. The molecule has 5 nitrogen and oxygen atoms in total. The molecule has 0 atom stereocenters. The van der Waals surface area contributed by atoms with Crippen molar-refractivity contribution in [1.82, 2.24) is 14.7 Å². The number of nitrogens with zero attached hydrogens (tertiary/aromatic N) is 4. The first kappa shape index (κ1) is 18.5. The average Bonchev–Trinajstić information content (AvgIpc) is 2.68. The van der Waals surface area contributed by atoms with Gasteiger partial charge in [0.15, 0.2) is 5.96 Å². The predicted molar refractivity (Wildman–Crippen MR) is 108 cm³/mol. The minimum atomic E-state index is 0.744. The number of piperazine rings is 1. The van der Waals surface area contributed by atoms with Gasteiger partial charge < -0.3 is 15.5 Å². The van der Waals surface area contributed by atoms with E-state index in [0.717, 1.165) is 71.3 Å². The lowest BCUT2D eigenvalue weighted by atomic mass is 10.2. The van der Waals surface area contributed by atoms with E-state index in [1.54, 1.807) is 0 Å². The maximum absolute atomic E-state index is 6.11. The Morgan fingerprint density at radius 1 is 0.960 bits per heavy atom. The number of hydrogen-bond donors (Lipinski definition) is 1. The second-order valence-electron chi connectivity index (χ2n) is 6.80. The molecule has 0 amide bonds. The SMILES string of the molecule is NC(=NCCCN1CCN(Cc2ccccc2)CC1)N1CCSCC1. The smallest absolute Gasteiger partial charge is 0.191 e. The molecule has 0 bridgehead atoms. The Bertz CT molecular complexity index is 522. The van der Waals surface area contributed by atoms with Gasteiger partial charge in [-0.3, -0.25) is 9.89 Å². The Balaban J connectivity index is 1.30. The lowest BCUT2D eigenvalue weighted by Gasteiger charge is -2.34. The molecule has 2 aliphatic rings. The molecule has 1 aromatic rings. The van der Waals surface area contributed by atoms with Crippen LogP contribution in [0.15, 0.2) is 35.3 Å². The summed E-state index contributed by atoms with van der Waals surface area (Å²) in [6.45, 7) is 9.78. The standard InChI is InChI=1S/C19H31N5S/c20-19(24-13-15-25-16-14-24)21-7-4-8-22-9-11-23(12-10-22)17-18-5-2-1-3-6-18/h1-3,5-6H,4,7-17H2,(H2,20,21). The minimum absolute atomic E-state index is 0.744. The topological polar surface area (TPSA) is 48.1 Å². The van der Waals surface area contributed by atoms with Crippen molar-refractivity contribution in [3.8, 4) is 0 Å². The molecular formula is C19H31N5S. The Morgan fingerprint density at radius 2 is 1.64 bits per heavy atom. The largest absolute Gasteiger partial charge is 0.370 e. The van der Waals surface area contributed by atoms with Gasteiger partial charge in [-0.25, -0.2) is 0 Å². The molecule has 0 aromatic heterocycles. The summed E-state index contributed by atoms with van der Waals surface area (Å²) in [6.07, 6.45) is 1.10. The van der Waals surface area contributed by atoms with Crippen LogP contribution in [-0.4, -0.2) is 84.5 Å². The summed E-state index contributed by atoms with van der Waals surface area (Å²) in [5.74, 6) is 3.08. The normalized spacial score (nSPS) is 20.8. The lowest BCUT2D eigenvalue weighted by Crippen LogP contribution is -2.46. The molecule has 2 heterocycles. The Labute approximate surface area is 156 Å². The van der Waals surface area contributed by atoms with Crippen molar-refractivity contribution < 1.29 is 0 Å². The van der Waals surface area contributed by atoms with Crippen molar-refractivity contribution in [1.29, 1.82) is 0 Å². The van der Waals surface area contributed by atoms with Gasteiger partial charge in [-0.1, -0.05) is 30.3 Å². The van der Waals surface area contributed by atoms with Gasteiger partial charge in [0, 0.05) is 70.4 Å². The molecule has 25 heavy (non-hydrogen) atoms. The monoisotopic (exact) mass is 361 g/mol. The molecule has 0 aliphatic carbocycles. The van der Waals surface area contributed by atoms with E-state index in [1.165, 1.54) is 17.1 Å². The van der Waals surface area contributed by atoms with Crippen LogP contribution in [0.1, 0.15) is 12.0 Å². The predicted octanol–water partition coefficient (Wildman–Crippen LogP) is 1.56. The summed E-state index contributed by atoms with van der Waals surface area (Å²) in [7, 11) is 0. The summed E-state index contributed by atoms with van der Waals surface area (Å²) in [5.41, 5.74) is 7.52. The first-order valence-electron chi connectivity index (χ1n) is 9.42. The number of aliphatic imine (C=N–C) groups is 1. The van der Waals surface area contributed by atoms with Crippen LogP contribution in [0.2, 0.25) is 0 Å². The second kappa shape index (κ2) is 10.0. The van der Waals surface area contributed by atoms with E-state index in [1.807, 2.05) is 11.8 Å². The summed E-state index contributed by atoms with van der Waals surface area (Å²) in [5, 5.41) is 0. The zero-order valence-corrected chi connectivity index (χ0v) is 16.0. The van der Waals surface area contributed by atoms with Crippen molar-refractivity contribution >= 4 is 17.7 Å². The average molecular weight is 362 g/mol. The molecule has 2 N–H and O–H groups in total. The van der Waals surface area contributed by atoms with E-state index in [4.69, 9.17) is 5.73 Å². The highest BCUT2D eigenvalue weighted by Crippen LogP contribution is 2.10. The quantitative estimate of drug-likeness (QED) is 0.473. The maximum Gasteiger partial charge on any atom is 0.191 e. The first-order chi connectivity index (χ1) is 12.3. The van der Waals surface area contributed by atoms with Gasteiger partial charge in [0.25, 0.3) is 0 Å². The molecule has 138 valence electrons. The molecule has 2 aliphatic heterocycles. The van der Waals surface area contributed by atoms with Gasteiger partial charge in [-0.2, -0.15) is 11.8 Å². The van der Waals surface area contributed by atoms with Crippen LogP contribution in [0.4, 0.5) is 0 Å².